The van der Waals surface area contributed by atoms with Gasteiger partial charge >= 0.3 is 0 Å². The van der Waals surface area contributed by atoms with Gasteiger partial charge in [0.25, 0.3) is 0 Å². The van der Waals surface area contributed by atoms with Gasteiger partial charge in [-0.15, -0.1) is 0 Å². The summed E-state index contributed by atoms with van der Waals surface area (Å²) in [4.78, 5) is 9.85. The highest BCUT2D eigenvalue weighted by Crippen LogP contribution is 2.21. The highest BCUT2D eigenvalue weighted by Gasteiger charge is 2.09. The van der Waals surface area contributed by atoms with Crippen LogP contribution in [0.3, 0.4) is 0 Å². The molecule has 1 heterocycles. The molecule has 0 bridgehead atoms. The molecule has 0 amide bonds. The molecule has 0 fully saturated rings. The minimum atomic E-state index is 0.429. The second kappa shape index (κ2) is 3.66. The van der Waals surface area contributed by atoms with E-state index in [0.29, 0.717) is 6.04 Å². The van der Waals surface area contributed by atoms with E-state index in [1.54, 1.807) is 0 Å². The highest BCUT2D eigenvalue weighted by molar-refractivity contribution is 5.75. The van der Waals surface area contributed by atoms with Gasteiger partial charge < -0.3 is 9.88 Å². The fourth-order valence-corrected chi connectivity index (χ4v) is 1.71. The standard InChI is InChI=1S/C12H17N3/c1-8(15(3)4)10-5-6-11-12(7-10)14-9(2)13-11/h5-8H,1-4H3,(H,13,14). The van der Waals surface area contributed by atoms with E-state index in [0.717, 1.165) is 16.9 Å². The lowest BCUT2D eigenvalue weighted by Gasteiger charge is -2.19. The Labute approximate surface area is 90.1 Å². The first kappa shape index (κ1) is 10.2. The van der Waals surface area contributed by atoms with Crippen LogP contribution in [-0.2, 0) is 0 Å². The Morgan fingerprint density at radius 1 is 1.33 bits per heavy atom. The van der Waals surface area contributed by atoms with Crippen LogP contribution >= 0.6 is 0 Å². The van der Waals surface area contributed by atoms with Crippen molar-refractivity contribution >= 4 is 11.0 Å². The number of imidazole rings is 1. The zero-order valence-corrected chi connectivity index (χ0v) is 9.70. The predicted octanol–water partition coefficient (Wildman–Crippen LogP) is 2.49. The Kier molecular flexibility index (Phi) is 2.49. The minimum Gasteiger partial charge on any atom is -0.342 e. The largest absolute Gasteiger partial charge is 0.342 e. The molecule has 2 aromatic rings. The molecular weight excluding hydrogens is 186 g/mol. The van der Waals surface area contributed by atoms with Gasteiger partial charge in [0.1, 0.15) is 5.82 Å². The van der Waals surface area contributed by atoms with Crippen molar-refractivity contribution in [1.82, 2.24) is 14.9 Å². The van der Waals surface area contributed by atoms with Crippen LogP contribution in [0.1, 0.15) is 24.4 Å². The van der Waals surface area contributed by atoms with Crippen LogP contribution in [0.15, 0.2) is 18.2 Å². The third-order valence-electron chi connectivity index (χ3n) is 2.88. The second-order valence-corrected chi connectivity index (χ2v) is 4.24. The van der Waals surface area contributed by atoms with Gasteiger partial charge in [-0.2, -0.15) is 0 Å². The van der Waals surface area contributed by atoms with E-state index in [9.17, 15) is 0 Å². The number of aryl methyl sites for hydroxylation is 1. The normalized spacial score (nSPS) is 13.7. The van der Waals surface area contributed by atoms with Crippen molar-refractivity contribution in [3.05, 3.63) is 29.6 Å². The third-order valence-corrected chi connectivity index (χ3v) is 2.88. The summed E-state index contributed by atoms with van der Waals surface area (Å²) in [5, 5.41) is 0. The van der Waals surface area contributed by atoms with Gasteiger partial charge in [0, 0.05) is 6.04 Å². The van der Waals surface area contributed by atoms with Crippen molar-refractivity contribution in [2.24, 2.45) is 0 Å². The summed E-state index contributed by atoms with van der Waals surface area (Å²) in [5.41, 5.74) is 3.48. The molecule has 0 aliphatic carbocycles. The third kappa shape index (κ3) is 1.88. The van der Waals surface area contributed by atoms with Crippen LogP contribution in [0.5, 0.6) is 0 Å². The van der Waals surface area contributed by atoms with Crippen molar-refractivity contribution in [2.45, 2.75) is 19.9 Å². The van der Waals surface area contributed by atoms with Gasteiger partial charge in [0.2, 0.25) is 0 Å². The van der Waals surface area contributed by atoms with Crippen LogP contribution < -0.4 is 0 Å². The molecule has 0 spiro atoms. The van der Waals surface area contributed by atoms with E-state index in [2.05, 4.69) is 54.1 Å². The zero-order chi connectivity index (χ0) is 11.0. The van der Waals surface area contributed by atoms with Crippen molar-refractivity contribution in [1.29, 1.82) is 0 Å². The molecule has 0 aliphatic heterocycles. The first-order valence-corrected chi connectivity index (χ1v) is 5.20. The first-order valence-electron chi connectivity index (χ1n) is 5.20. The van der Waals surface area contributed by atoms with Gasteiger partial charge in [0.05, 0.1) is 11.0 Å². The number of nitrogens with zero attached hydrogens (tertiary/aromatic N) is 2. The number of rotatable bonds is 2. The van der Waals surface area contributed by atoms with Crippen LogP contribution in [-0.4, -0.2) is 29.0 Å². The molecule has 1 N–H and O–H groups in total. The number of aromatic nitrogens is 2. The summed E-state index contributed by atoms with van der Waals surface area (Å²) in [7, 11) is 4.18. The Balaban J connectivity index is 2.46. The SMILES string of the molecule is Cc1nc2ccc(C(C)N(C)C)cc2[nH]1. The molecule has 0 radical (unpaired) electrons. The highest BCUT2D eigenvalue weighted by atomic mass is 15.1. The molecular formula is C12H17N3. The second-order valence-electron chi connectivity index (χ2n) is 4.24. The molecule has 2 rings (SSSR count). The van der Waals surface area contributed by atoms with Gasteiger partial charge in [-0.3, -0.25) is 0 Å². The summed E-state index contributed by atoms with van der Waals surface area (Å²) < 4.78 is 0. The van der Waals surface area contributed by atoms with Crippen molar-refractivity contribution < 1.29 is 0 Å². The van der Waals surface area contributed by atoms with E-state index < -0.39 is 0 Å². The number of nitrogens with one attached hydrogen (secondary N) is 1. The summed E-state index contributed by atoms with van der Waals surface area (Å²) in [6, 6.07) is 6.83. The fraction of sp³-hybridized carbons (Fsp3) is 0.417. The average Bonchev–Trinajstić information content (AvgIpc) is 2.55. The van der Waals surface area contributed by atoms with Crippen molar-refractivity contribution in [2.75, 3.05) is 14.1 Å². The maximum absolute atomic E-state index is 4.39. The van der Waals surface area contributed by atoms with Gasteiger partial charge in [-0.25, -0.2) is 4.98 Å². The zero-order valence-electron chi connectivity index (χ0n) is 9.70. The molecule has 1 aromatic carbocycles. The van der Waals surface area contributed by atoms with Gasteiger partial charge in [-0.1, -0.05) is 6.07 Å². The number of benzene rings is 1. The summed E-state index contributed by atoms with van der Waals surface area (Å²) in [6.07, 6.45) is 0. The Morgan fingerprint density at radius 3 is 2.73 bits per heavy atom. The number of H-pyrrole nitrogens is 1. The molecule has 1 unspecified atom stereocenters. The van der Waals surface area contributed by atoms with Crippen LogP contribution in [0.2, 0.25) is 0 Å². The molecule has 3 heteroatoms. The summed E-state index contributed by atoms with van der Waals surface area (Å²) >= 11 is 0. The molecule has 80 valence electrons. The number of aromatic amines is 1. The Morgan fingerprint density at radius 2 is 2.07 bits per heavy atom. The molecule has 0 saturated carbocycles. The minimum absolute atomic E-state index is 0.429. The Bertz CT molecular complexity index is 471. The monoisotopic (exact) mass is 203 g/mol. The summed E-state index contributed by atoms with van der Waals surface area (Å²) in [5.74, 6) is 0.972. The van der Waals surface area contributed by atoms with Gasteiger partial charge in [0.15, 0.2) is 0 Å². The van der Waals surface area contributed by atoms with Crippen molar-refractivity contribution in [3.63, 3.8) is 0 Å². The quantitative estimate of drug-likeness (QED) is 0.813. The van der Waals surface area contributed by atoms with E-state index in [1.165, 1.54) is 5.56 Å². The maximum Gasteiger partial charge on any atom is 0.104 e. The number of hydrogen-bond donors (Lipinski definition) is 1. The predicted molar refractivity (Wildman–Crippen MR) is 62.9 cm³/mol. The van der Waals surface area contributed by atoms with Gasteiger partial charge in [-0.05, 0) is 45.6 Å². The van der Waals surface area contributed by atoms with Crippen LogP contribution in [0.25, 0.3) is 11.0 Å². The van der Waals surface area contributed by atoms with Crippen LogP contribution in [0, 0.1) is 6.92 Å². The molecule has 1 aromatic heterocycles. The topological polar surface area (TPSA) is 31.9 Å². The molecule has 15 heavy (non-hydrogen) atoms. The lowest BCUT2D eigenvalue weighted by Crippen LogP contribution is -2.16. The molecule has 3 nitrogen and oxygen atoms in total. The van der Waals surface area contributed by atoms with E-state index in [4.69, 9.17) is 0 Å². The number of fused-ring (bicyclic) bond motifs is 1. The lowest BCUT2D eigenvalue weighted by molar-refractivity contribution is 0.321. The van der Waals surface area contributed by atoms with E-state index in [-0.39, 0.29) is 0 Å². The average molecular weight is 203 g/mol. The molecule has 0 saturated heterocycles. The molecule has 1 atom stereocenters. The van der Waals surface area contributed by atoms with E-state index in [1.807, 2.05) is 6.92 Å². The smallest absolute Gasteiger partial charge is 0.104 e. The van der Waals surface area contributed by atoms with Crippen LogP contribution in [0.4, 0.5) is 0 Å². The Hall–Kier alpha value is -1.35. The maximum atomic E-state index is 4.39. The lowest BCUT2D eigenvalue weighted by atomic mass is 10.1. The first-order chi connectivity index (χ1) is 7.08. The van der Waals surface area contributed by atoms with Crippen molar-refractivity contribution in [3.8, 4) is 0 Å². The fourth-order valence-electron chi connectivity index (χ4n) is 1.71. The van der Waals surface area contributed by atoms with E-state index >= 15 is 0 Å². The number of hydrogen-bond acceptors (Lipinski definition) is 2. The molecule has 0 aliphatic rings. The summed E-state index contributed by atoms with van der Waals surface area (Å²) in [6.45, 7) is 4.18.